The number of urea groups is 1. The van der Waals surface area contributed by atoms with Gasteiger partial charge in [-0.3, -0.25) is 9.69 Å². The highest BCUT2D eigenvalue weighted by molar-refractivity contribution is 8.15. The Morgan fingerprint density at radius 3 is 2.49 bits per heavy atom. The number of carbonyl (C=O) groups is 2. The number of alkyl halides is 3. The van der Waals surface area contributed by atoms with Gasteiger partial charge >= 0.3 is 12.4 Å². The number of rotatable bonds is 6. The number of aliphatic imine (C=N–C) groups is 1. The number of thioether (sulfide) groups is 1. The van der Waals surface area contributed by atoms with E-state index in [0.29, 0.717) is 22.2 Å². The number of ether oxygens (including phenoxy) is 1. The van der Waals surface area contributed by atoms with Gasteiger partial charge in [-0.15, -0.1) is 13.2 Å². The fourth-order valence-corrected chi connectivity index (χ4v) is 5.50. The number of hydrogen-bond acceptors (Lipinski definition) is 5. The Balaban J connectivity index is 1.31. The van der Waals surface area contributed by atoms with Crippen LogP contribution < -0.4 is 15.0 Å². The third-order valence-corrected chi connectivity index (χ3v) is 7.65. The Morgan fingerprint density at radius 1 is 1.07 bits per heavy atom. The van der Waals surface area contributed by atoms with E-state index in [-0.39, 0.29) is 23.3 Å². The lowest BCUT2D eigenvalue weighted by atomic mass is 9.99. The molecule has 0 radical (unpaired) electrons. The highest BCUT2D eigenvalue weighted by atomic mass is 32.2. The van der Waals surface area contributed by atoms with Crippen LogP contribution in [0.15, 0.2) is 78.2 Å². The summed E-state index contributed by atoms with van der Waals surface area (Å²) in [6.45, 7) is 7.90. The van der Waals surface area contributed by atoms with E-state index in [9.17, 15) is 22.8 Å². The molecule has 1 aromatic heterocycles. The number of halogens is 3. The Morgan fingerprint density at radius 2 is 1.81 bits per heavy atom. The Hall–Kier alpha value is -4.58. The van der Waals surface area contributed by atoms with Gasteiger partial charge in [-0.2, -0.15) is 4.99 Å². The van der Waals surface area contributed by atoms with Gasteiger partial charge in [0.15, 0.2) is 5.17 Å². The zero-order valence-electron chi connectivity index (χ0n) is 23.8. The predicted octanol–water partition coefficient (Wildman–Crippen LogP) is 7.85. The van der Waals surface area contributed by atoms with Crippen LogP contribution in [0.4, 0.5) is 29.3 Å². The average Bonchev–Trinajstić information content (AvgIpc) is 3.56. The van der Waals surface area contributed by atoms with Crippen molar-refractivity contribution < 1.29 is 27.5 Å². The Kier molecular flexibility index (Phi) is 8.32. The van der Waals surface area contributed by atoms with E-state index < -0.39 is 12.4 Å². The van der Waals surface area contributed by atoms with Crippen LogP contribution >= 0.6 is 11.8 Å². The maximum Gasteiger partial charge on any atom is 0.573 e. The average molecular weight is 608 g/mol. The molecule has 0 atom stereocenters. The lowest BCUT2D eigenvalue weighted by molar-refractivity contribution is -0.274. The number of anilines is 2. The molecule has 4 aromatic rings. The topological polar surface area (TPSA) is 88.8 Å². The molecule has 12 heteroatoms. The number of nitrogens with one attached hydrogen (secondary N) is 1. The van der Waals surface area contributed by atoms with Gasteiger partial charge in [0.25, 0.3) is 0 Å². The molecule has 1 N–H and O–H groups in total. The van der Waals surface area contributed by atoms with Gasteiger partial charge in [0.2, 0.25) is 5.91 Å². The molecule has 0 aliphatic carbocycles. The van der Waals surface area contributed by atoms with Gasteiger partial charge in [-0.25, -0.2) is 9.78 Å². The zero-order valence-corrected chi connectivity index (χ0v) is 24.6. The molecule has 5 rings (SSSR count). The first-order chi connectivity index (χ1) is 20.4. The number of benzene rings is 3. The summed E-state index contributed by atoms with van der Waals surface area (Å²) in [5.41, 5.74) is 6.07. The van der Waals surface area contributed by atoms with Crippen LogP contribution in [0.2, 0.25) is 0 Å². The van der Waals surface area contributed by atoms with Gasteiger partial charge < -0.3 is 14.6 Å². The lowest BCUT2D eigenvalue weighted by Crippen LogP contribution is -2.31. The molecule has 43 heavy (non-hydrogen) atoms. The maximum atomic E-state index is 13.0. The summed E-state index contributed by atoms with van der Waals surface area (Å²) in [5.74, 6) is -0.0652. The molecule has 1 aliphatic heterocycles. The fourth-order valence-electron chi connectivity index (χ4n) is 4.64. The third kappa shape index (κ3) is 6.91. The lowest BCUT2D eigenvalue weighted by Gasteiger charge is -2.22. The molecule has 0 bridgehead atoms. The quantitative estimate of drug-likeness (QED) is 0.241. The van der Waals surface area contributed by atoms with Crippen molar-refractivity contribution in [2.24, 2.45) is 4.99 Å². The van der Waals surface area contributed by atoms with Gasteiger partial charge in [0, 0.05) is 23.1 Å². The molecule has 1 saturated heterocycles. The van der Waals surface area contributed by atoms with Crippen LogP contribution in [0.1, 0.15) is 36.5 Å². The summed E-state index contributed by atoms with van der Waals surface area (Å²) in [6.07, 6.45) is -1.45. The summed E-state index contributed by atoms with van der Waals surface area (Å²) >= 11 is 1.22. The number of amidine groups is 1. The van der Waals surface area contributed by atoms with Crippen LogP contribution in [-0.4, -0.2) is 38.8 Å². The zero-order chi connectivity index (χ0) is 30.9. The van der Waals surface area contributed by atoms with Crippen LogP contribution in [0.5, 0.6) is 5.75 Å². The van der Waals surface area contributed by atoms with Gasteiger partial charge in [0.1, 0.15) is 5.75 Å². The molecule has 0 spiro atoms. The second-order valence-corrected chi connectivity index (χ2v) is 11.2. The van der Waals surface area contributed by atoms with Crippen molar-refractivity contribution in [1.29, 1.82) is 0 Å². The molecular formula is C31H28F3N5O3S. The molecular weight excluding hydrogens is 579 g/mol. The van der Waals surface area contributed by atoms with Crippen LogP contribution in [0, 0.1) is 13.8 Å². The molecule has 8 nitrogen and oxygen atoms in total. The molecule has 1 aliphatic rings. The van der Waals surface area contributed by atoms with Crippen molar-refractivity contribution in [2.45, 2.75) is 40.0 Å². The van der Waals surface area contributed by atoms with Gasteiger partial charge in [-0.1, -0.05) is 43.8 Å². The molecule has 0 saturated carbocycles. The smallest absolute Gasteiger partial charge is 0.406 e. The minimum atomic E-state index is -4.76. The minimum absolute atomic E-state index is 0.130. The molecule has 0 unspecified atom stereocenters. The molecule has 2 heterocycles. The van der Waals surface area contributed by atoms with Gasteiger partial charge in [0.05, 0.1) is 23.5 Å². The summed E-state index contributed by atoms with van der Waals surface area (Å²) in [4.78, 5) is 36.0. The number of carbonyl (C=O) groups excluding carboxylic acids is 2. The number of nitrogens with zero attached hydrogens (tertiary/aromatic N) is 4. The standard InChI is InChI=1S/C31H28F3N5O3S/c1-18(2)24-11-5-19(3)13-27(24)39-28(40)16-43-30(39)37-29(41)36-25-12-6-21(14-20(25)4)26-15-38(17-35-26)22-7-9-23(10-8-22)42-31(32,33)34/h5-15,17-18H,16H2,1-4H3,(H,36,41)/b37-30-. The number of imidazole rings is 1. The first-order valence-corrected chi connectivity index (χ1v) is 14.3. The number of aryl methyl sites for hydroxylation is 2. The Bertz CT molecular complexity index is 1710. The summed E-state index contributed by atoms with van der Waals surface area (Å²) in [7, 11) is 0. The minimum Gasteiger partial charge on any atom is -0.406 e. The SMILES string of the molecule is Cc1ccc(C(C)C)c(N2C(=O)CS/C2=N\C(=O)Nc2ccc(-c3cn(-c4ccc(OC(F)(F)F)cc4)cn3)cc2C)c1. The molecule has 1 fully saturated rings. The van der Waals surface area contributed by atoms with E-state index >= 15 is 0 Å². The largest absolute Gasteiger partial charge is 0.573 e. The van der Waals surface area contributed by atoms with E-state index in [2.05, 4.69) is 33.9 Å². The van der Waals surface area contributed by atoms with Crippen molar-refractivity contribution in [3.05, 3.63) is 89.9 Å². The van der Waals surface area contributed by atoms with Crippen LogP contribution in [0.25, 0.3) is 16.9 Å². The van der Waals surface area contributed by atoms with Crippen LogP contribution in [-0.2, 0) is 4.79 Å². The van der Waals surface area contributed by atoms with E-state index in [0.717, 1.165) is 27.9 Å². The van der Waals surface area contributed by atoms with Crippen LogP contribution in [0.3, 0.4) is 0 Å². The highest BCUT2D eigenvalue weighted by Gasteiger charge is 2.33. The highest BCUT2D eigenvalue weighted by Crippen LogP contribution is 2.34. The summed E-state index contributed by atoms with van der Waals surface area (Å²) < 4.78 is 42.9. The van der Waals surface area contributed by atoms with E-state index in [4.69, 9.17) is 0 Å². The fraction of sp³-hybridized carbons (Fsp3) is 0.226. The summed E-state index contributed by atoms with van der Waals surface area (Å²) in [5, 5.41) is 3.14. The van der Waals surface area contributed by atoms with E-state index in [1.807, 2.05) is 38.1 Å². The number of hydrogen-bond donors (Lipinski definition) is 1. The predicted molar refractivity (Wildman–Crippen MR) is 162 cm³/mol. The monoisotopic (exact) mass is 607 g/mol. The number of amides is 3. The van der Waals surface area contributed by atoms with Crippen molar-refractivity contribution in [2.75, 3.05) is 16.0 Å². The normalized spacial score (nSPS) is 14.6. The van der Waals surface area contributed by atoms with E-state index in [1.165, 1.54) is 40.9 Å². The van der Waals surface area contributed by atoms with Crippen molar-refractivity contribution in [1.82, 2.24) is 9.55 Å². The number of aromatic nitrogens is 2. The second kappa shape index (κ2) is 12.0. The third-order valence-electron chi connectivity index (χ3n) is 6.73. The van der Waals surface area contributed by atoms with Gasteiger partial charge in [-0.05, 0) is 78.9 Å². The van der Waals surface area contributed by atoms with Crippen molar-refractivity contribution in [3.63, 3.8) is 0 Å². The molecule has 3 amide bonds. The summed E-state index contributed by atoms with van der Waals surface area (Å²) in [6, 6.07) is 16.2. The van der Waals surface area contributed by atoms with Crippen molar-refractivity contribution in [3.8, 4) is 22.7 Å². The maximum absolute atomic E-state index is 13.0. The van der Waals surface area contributed by atoms with E-state index in [1.54, 1.807) is 29.2 Å². The Labute approximate surface area is 250 Å². The molecule has 3 aromatic carbocycles. The molecule has 222 valence electrons. The van der Waals surface area contributed by atoms with Crippen molar-refractivity contribution >= 4 is 40.2 Å². The second-order valence-electron chi connectivity index (χ2n) is 10.3. The first-order valence-electron chi connectivity index (χ1n) is 13.3. The first kappa shape index (κ1) is 29.9.